The van der Waals surface area contributed by atoms with E-state index in [1.54, 1.807) is 16.9 Å². The molecular weight excluding hydrogens is 423 g/mol. The van der Waals surface area contributed by atoms with Crippen LogP contribution in [0.1, 0.15) is 63.5 Å². The summed E-state index contributed by atoms with van der Waals surface area (Å²) in [5, 5.41) is 0.779. The Balaban J connectivity index is 2.25. The molecular formula is C19H26F3N3O4S. The molecule has 1 saturated heterocycles. The zero-order valence-electron chi connectivity index (χ0n) is 17.2. The number of hydrogen-bond acceptors (Lipinski definition) is 4. The van der Waals surface area contributed by atoms with Gasteiger partial charge in [-0.05, 0) is 29.4 Å². The number of anilines is 1. The molecule has 7 nitrogen and oxygen atoms in total. The highest BCUT2D eigenvalue weighted by Gasteiger charge is 2.45. The number of sulfonamides is 1. The molecule has 2 rings (SSSR count). The summed E-state index contributed by atoms with van der Waals surface area (Å²) in [6.45, 7) is 5.97. The van der Waals surface area contributed by atoms with Crippen LogP contribution in [0.15, 0.2) is 18.2 Å². The summed E-state index contributed by atoms with van der Waals surface area (Å²) in [5.74, 6) is -0.856. The van der Waals surface area contributed by atoms with Crippen molar-refractivity contribution < 1.29 is 31.2 Å². The van der Waals surface area contributed by atoms with E-state index in [-0.39, 0.29) is 29.6 Å². The number of nitrogens with zero attached hydrogens (tertiary/aromatic N) is 1. The first-order valence-corrected chi connectivity index (χ1v) is 11.1. The second-order valence-electron chi connectivity index (χ2n) is 7.85. The van der Waals surface area contributed by atoms with E-state index in [1.165, 1.54) is 0 Å². The van der Waals surface area contributed by atoms with E-state index in [9.17, 15) is 31.2 Å². The van der Waals surface area contributed by atoms with Crippen molar-refractivity contribution in [3.05, 3.63) is 29.3 Å². The van der Waals surface area contributed by atoms with Crippen LogP contribution in [0.4, 0.5) is 23.7 Å². The fraction of sp³-hybridized carbons (Fsp3) is 0.579. The van der Waals surface area contributed by atoms with Crippen LogP contribution in [-0.4, -0.2) is 43.4 Å². The normalized spacial score (nSPS) is 17.7. The van der Waals surface area contributed by atoms with Crippen LogP contribution in [0.5, 0.6) is 0 Å². The lowest BCUT2D eigenvalue weighted by atomic mass is 9.93. The number of amides is 3. The molecule has 0 aliphatic carbocycles. The van der Waals surface area contributed by atoms with Crippen molar-refractivity contribution in [1.82, 2.24) is 9.62 Å². The molecule has 1 atom stereocenters. The van der Waals surface area contributed by atoms with Gasteiger partial charge in [-0.15, -0.1) is 0 Å². The van der Waals surface area contributed by atoms with Crippen LogP contribution in [-0.2, 0) is 14.8 Å². The highest BCUT2D eigenvalue weighted by Crippen LogP contribution is 2.32. The van der Waals surface area contributed by atoms with Gasteiger partial charge in [-0.3, -0.25) is 4.79 Å². The van der Waals surface area contributed by atoms with Crippen molar-refractivity contribution in [2.75, 3.05) is 11.9 Å². The molecule has 1 aliphatic rings. The summed E-state index contributed by atoms with van der Waals surface area (Å²) in [4.78, 5) is 24.5. The highest BCUT2D eigenvalue weighted by atomic mass is 32.2. The first-order chi connectivity index (χ1) is 13.7. The maximum atomic E-state index is 12.7. The van der Waals surface area contributed by atoms with Gasteiger partial charge in [-0.25, -0.2) is 17.9 Å². The number of benzene rings is 1. The Bertz CT molecular complexity index is 888. The maximum absolute atomic E-state index is 12.7. The average molecular weight is 449 g/mol. The van der Waals surface area contributed by atoms with Crippen LogP contribution < -0.4 is 10.0 Å². The van der Waals surface area contributed by atoms with Gasteiger partial charge in [0.2, 0.25) is 5.91 Å². The van der Waals surface area contributed by atoms with Crippen molar-refractivity contribution in [2.24, 2.45) is 0 Å². The average Bonchev–Trinajstić information content (AvgIpc) is 2.93. The molecule has 11 heteroatoms. The van der Waals surface area contributed by atoms with E-state index < -0.39 is 40.1 Å². The molecule has 1 unspecified atom stereocenters. The van der Waals surface area contributed by atoms with Crippen LogP contribution in [0.25, 0.3) is 0 Å². The molecule has 0 spiro atoms. The summed E-state index contributed by atoms with van der Waals surface area (Å²) < 4.78 is 65.2. The summed E-state index contributed by atoms with van der Waals surface area (Å²) in [5.41, 5.74) is 2.05. The minimum Gasteiger partial charge on any atom is -0.315 e. The smallest absolute Gasteiger partial charge is 0.315 e. The third-order valence-corrected chi connectivity index (χ3v) is 6.50. The summed E-state index contributed by atoms with van der Waals surface area (Å²) >= 11 is 0. The van der Waals surface area contributed by atoms with Gasteiger partial charge in [0.15, 0.2) is 5.37 Å². The second-order valence-corrected chi connectivity index (χ2v) is 9.69. The number of carbonyl (C=O) groups is 2. The zero-order valence-corrected chi connectivity index (χ0v) is 18.0. The Morgan fingerprint density at radius 1 is 1.17 bits per heavy atom. The number of hydrogen-bond donors (Lipinski definition) is 2. The van der Waals surface area contributed by atoms with Crippen molar-refractivity contribution >= 4 is 27.6 Å². The van der Waals surface area contributed by atoms with Crippen LogP contribution >= 0.6 is 0 Å². The highest BCUT2D eigenvalue weighted by molar-refractivity contribution is 7.90. The van der Waals surface area contributed by atoms with Crippen LogP contribution in [0.3, 0.4) is 0 Å². The molecule has 0 aromatic heterocycles. The lowest BCUT2D eigenvalue weighted by Crippen LogP contribution is -2.49. The molecule has 1 fully saturated rings. The zero-order chi connectivity index (χ0) is 22.9. The Kier molecular flexibility index (Phi) is 7.05. The van der Waals surface area contributed by atoms with Gasteiger partial charge in [-0.1, -0.05) is 45.9 Å². The SMILES string of the molecule is CC(C)c1cccc(C(C)C)c1NC(=O)NS(=O)(=O)C1CCC(=O)N1CC(F)(F)F. The lowest BCUT2D eigenvalue weighted by molar-refractivity contribution is -0.158. The third-order valence-electron chi connectivity index (χ3n) is 4.83. The Hall–Kier alpha value is -2.30. The fourth-order valence-electron chi connectivity index (χ4n) is 3.44. The summed E-state index contributed by atoms with van der Waals surface area (Å²) in [6, 6.07) is 4.36. The monoisotopic (exact) mass is 449 g/mol. The number of nitrogens with one attached hydrogen (secondary N) is 2. The Labute approximate surface area is 174 Å². The second kappa shape index (κ2) is 8.83. The maximum Gasteiger partial charge on any atom is 0.406 e. The molecule has 1 aromatic rings. The number of alkyl halides is 3. The molecule has 0 saturated carbocycles. The number of rotatable bonds is 6. The topological polar surface area (TPSA) is 95.6 Å². The van der Waals surface area contributed by atoms with Gasteiger partial charge in [0.25, 0.3) is 10.0 Å². The van der Waals surface area contributed by atoms with E-state index >= 15 is 0 Å². The van der Waals surface area contributed by atoms with E-state index in [0.717, 1.165) is 11.1 Å². The molecule has 1 aromatic carbocycles. The van der Waals surface area contributed by atoms with Gasteiger partial charge in [-0.2, -0.15) is 13.2 Å². The molecule has 0 bridgehead atoms. The van der Waals surface area contributed by atoms with Gasteiger partial charge in [0.1, 0.15) is 6.54 Å². The standard InChI is InChI=1S/C19H26F3N3O4S/c1-11(2)13-6-5-7-14(12(3)4)17(13)23-18(27)24-30(28,29)16-9-8-15(26)25(16)10-19(20,21)22/h5-7,11-12,16H,8-10H2,1-4H3,(H2,23,24,27). The first kappa shape index (κ1) is 24.0. The van der Waals surface area contributed by atoms with Crippen molar-refractivity contribution in [3.63, 3.8) is 0 Å². The molecule has 168 valence electrons. The van der Waals surface area contributed by atoms with E-state index in [4.69, 9.17) is 0 Å². The first-order valence-electron chi connectivity index (χ1n) is 9.54. The van der Waals surface area contributed by atoms with Crippen molar-refractivity contribution in [3.8, 4) is 0 Å². The van der Waals surface area contributed by atoms with Crippen LogP contribution in [0, 0.1) is 0 Å². The van der Waals surface area contributed by atoms with Gasteiger partial charge in [0.05, 0.1) is 0 Å². The van der Waals surface area contributed by atoms with E-state index in [2.05, 4.69) is 5.32 Å². The number of para-hydroxylation sites is 1. The predicted octanol–water partition coefficient (Wildman–Crippen LogP) is 3.90. The fourth-order valence-corrected chi connectivity index (χ4v) is 4.85. The predicted molar refractivity (Wildman–Crippen MR) is 106 cm³/mol. The minimum absolute atomic E-state index is 0.0327. The number of urea groups is 1. The van der Waals surface area contributed by atoms with Gasteiger partial charge in [0, 0.05) is 12.1 Å². The van der Waals surface area contributed by atoms with E-state index in [1.807, 2.05) is 33.8 Å². The molecule has 0 radical (unpaired) electrons. The molecule has 3 amide bonds. The summed E-state index contributed by atoms with van der Waals surface area (Å²) in [7, 11) is -4.56. The van der Waals surface area contributed by atoms with E-state index in [0.29, 0.717) is 5.69 Å². The van der Waals surface area contributed by atoms with Gasteiger partial charge >= 0.3 is 12.2 Å². The number of carbonyl (C=O) groups excluding carboxylic acids is 2. The van der Waals surface area contributed by atoms with Crippen molar-refractivity contribution in [2.45, 2.75) is 63.9 Å². The molecule has 1 aliphatic heterocycles. The Morgan fingerprint density at radius 2 is 1.70 bits per heavy atom. The Morgan fingerprint density at radius 3 is 2.17 bits per heavy atom. The number of halogens is 3. The number of likely N-dealkylation sites (tertiary alicyclic amines) is 1. The quantitative estimate of drug-likeness (QED) is 0.689. The third kappa shape index (κ3) is 5.65. The molecule has 30 heavy (non-hydrogen) atoms. The summed E-state index contributed by atoms with van der Waals surface area (Å²) in [6.07, 6.45) is -5.41. The minimum atomic E-state index is -4.75. The molecule has 1 heterocycles. The molecule has 2 N–H and O–H groups in total. The van der Waals surface area contributed by atoms with Crippen molar-refractivity contribution in [1.29, 1.82) is 0 Å². The van der Waals surface area contributed by atoms with Gasteiger partial charge < -0.3 is 10.2 Å². The van der Waals surface area contributed by atoms with Crippen LogP contribution in [0.2, 0.25) is 0 Å². The lowest BCUT2D eigenvalue weighted by Gasteiger charge is -2.26. The largest absolute Gasteiger partial charge is 0.406 e.